The summed E-state index contributed by atoms with van der Waals surface area (Å²) in [6.45, 7) is 5.54. The molecular formula is C18H24N4O. The summed E-state index contributed by atoms with van der Waals surface area (Å²) in [5.41, 5.74) is 4.73. The van der Waals surface area contributed by atoms with Gasteiger partial charge in [-0.2, -0.15) is 0 Å². The Kier molecular flexibility index (Phi) is 5.71. The minimum atomic E-state index is -0.148. The Bertz CT molecular complexity index is 645. The van der Waals surface area contributed by atoms with E-state index >= 15 is 0 Å². The zero-order chi connectivity index (χ0) is 16.8. The van der Waals surface area contributed by atoms with Crippen molar-refractivity contribution < 1.29 is 4.79 Å². The highest BCUT2D eigenvalue weighted by Crippen LogP contribution is 2.23. The van der Waals surface area contributed by atoms with Gasteiger partial charge in [0.05, 0.1) is 11.9 Å². The first-order valence-corrected chi connectivity index (χ1v) is 7.69. The number of likely N-dealkylation sites (N-methyl/N-ethyl adjacent to an activating group) is 1. The molecule has 0 aliphatic heterocycles. The highest BCUT2D eigenvalue weighted by atomic mass is 16.1. The summed E-state index contributed by atoms with van der Waals surface area (Å²) in [7, 11) is 3.94. The minimum absolute atomic E-state index is 0.148. The van der Waals surface area contributed by atoms with Crippen molar-refractivity contribution in [3.63, 3.8) is 0 Å². The zero-order valence-corrected chi connectivity index (χ0v) is 14.2. The number of aromatic nitrogens is 1. The average molecular weight is 312 g/mol. The molecule has 23 heavy (non-hydrogen) atoms. The van der Waals surface area contributed by atoms with Gasteiger partial charge in [-0.25, -0.2) is 4.98 Å². The van der Waals surface area contributed by atoms with E-state index in [9.17, 15) is 4.79 Å². The fraction of sp³-hybridized carbons (Fsp3) is 0.333. The third kappa shape index (κ3) is 4.79. The number of benzene rings is 1. The third-order valence-corrected chi connectivity index (χ3v) is 3.59. The molecule has 2 N–H and O–H groups in total. The van der Waals surface area contributed by atoms with Crippen molar-refractivity contribution in [2.45, 2.75) is 13.8 Å². The standard InChI is InChI=1S/C18H24N4O/c1-13-6-5-7-14(2)17(13)21-15-8-9-16(20-12-15)18(23)19-10-11-22(3)4/h5-9,12,21H,10-11H2,1-4H3,(H,19,23). The topological polar surface area (TPSA) is 57.3 Å². The van der Waals surface area contributed by atoms with Gasteiger partial charge in [0, 0.05) is 18.8 Å². The van der Waals surface area contributed by atoms with Crippen LogP contribution in [0.15, 0.2) is 36.5 Å². The van der Waals surface area contributed by atoms with Crippen molar-refractivity contribution in [1.29, 1.82) is 0 Å². The number of carbonyl (C=O) groups is 1. The second-order valence-electron chi connectivity index (χ2n) is 5.88. The summed E-state index contributed by atoms with van der Waals surface area (Å²) in [6, 6.07) is 9.78. The van der Waals surface area contributed by atoms with E-state index in [1.807, 2.05) is 31.1 Å². The Morgan fingerprint density at radius 2 is 1.83 bits per heavy atom. The van der Waals surface area contributed by atoms with Crippen LogP contribution in [0, 0.1) is 13.8 Å². The van der Waals surface area contributed by atoms with E-state index in [0.717, 1.165) is 17.9 Å². The minimum Gasteiger partial charge on any atom is -0.354 e. The molecule has 122 valence electrons. The van der Waals surface area contributed by atoms with Crippen LogP contribution in [-0.4, -0.2) is 43.0 Å². The van der Waals surface area contributed by atoms with E-state index in [0.29, 0.717) is 12.2 Å². The second-order valence-corrected chi connectivity index (χ2v) is 5.88. The van der Waals surface area contributed by atoms with E-state index in [1.165, 1.54) is 11.1 Å². The lowest BCUT2D eigenvalue weighted by atomic mass is 10.1. The first-order chi connectivity index (χ1) is 11.0. The molecule has 0 unspecified atom stereocenters. The van der Waals surface area contributed by atoms with Crippen LogP contribution in [0.25, 0.3) is 0 Å². The lowest BCUT2D eigenvalue weighted by Gasteiger charge is -2.13. The van der Waals surface area contributed by atoms with Gasteiger partial charge < -0.3 is 15.5 Å². The maximum Gasteiger partial charge on any atom is 0.269 e. The molecule has 5 heteroatoms. The predicted molar refractivity (Wildman–Crippen MR) is 94.3 cm³/mol. The Morgan fingerprint density at radius 1 is 1.13 bits per heavy atom. The number of aryl methyl sites for hydroxylation is 2. The van der Waals surface area contributed by atoms with Gasteiger partial charge in [0.1, 0.15) is 5.69 Å². The van der Waals surface area contributed by atoms with Gasteiger partial charge in [-0.05, 0) is 51.2 Å². The molecule has 0 saturated heterocycles. The van der Waals surface area contributed by atoms with E-state index in [1.54, 1.807) is 12.3 Å². The Morgan fingerprint density at radius 3 is 2.39 bits per heavy atom. The summed E-state index contributed by atoms with van der Waals surface area (Å²) < 4.78 is 0. The molecule has 0 atom stereocenters. The number of para-hydroxylation sites is 1. The zero-order valence-electron chi connectivity index (χ0n) is 14.2. The van der Waals surface area contributed by atoms with Crippen LogP contribution < -0.4 is 10.6 Å². The molecule has 0 radical (unpaired) electrons. The van der Waals surface area contributed by atoms with Crippen molar-refractivity contribution in [2.24, 2.45) is 0 Å². The number of pyridine rings is 1. The van der Waals surface area contributed by atoms with Gasteiger partial charge >= 0.3 is 0 Å². The van der Waals surface area contributed by atoms with E-state index in [2.05, 4.69) is 41.6 Å². The third-order valence-electron chi connectivity index (χ3n) is 3.59. The molecular weight excluding hydrogens is 288 g/mol. The number of nitrogens with one attached hydrogen (secondary N) is 2. The van der Waals surface area contributed by atoms with Crippen LogP contribution in [0.3, 0.4) is 0 Å². The van der Waals surface area contributed by atoms with Crippen molar-refractivity contribution in [2.75, 3.05) is 32.5 Å². The normalized spacial score (nSPS) is 10.7. The first kappa shape index (κ1) is 17.0. The van der Waals surface area contributed by atoms with Crippen LogP contribution >= 0.6 is 0 Å². The summed E-state index contributed by atoms with van der Waals surface area (Å²) in [4.78, 5) is 18.3. The highest BCUT2D eigenvalue weighted by molar-refractivity contribution is 5.92. The fourth-order valence-electron chi connectivity index (χ4n) is 2.24. The molecule has 1 heterocycles. The smallest absolute Gasteiger partial charge is 0.269 e. The van der Waals surface area contributed by atoms with Gasteiger partial charge in [-0.1, -0.05) is 18.2 Å². The Hall–Kier alpha value is -2.40. The maximum absolute atomic E-state index is 12.0. The van der Waals surface area contributed by atoms with Crippen LogP contribution in [0.5, 0.6) is 0 Å². The van der Waals surface area contributed by atoms with Crippen molar-refractivity contribution in [3.8, 4) is 0 Å². The molecule has 1 amide bonds. The highest BCUT2D eigenvalue weighted by Gasteiger charge is 2.07. The van der Waals surface area contributed by atoms with Crippen LogP contribution in [0.2, 0.25) is 0 Å². The average Bonchev–Trinajstić information content (AvgIpc) is 2.51. The van der Waals surface area contributed by atoms with Gasteiger partial charge in [0.25, 0.3) is 5.91 Å². The van der Waals surface area contributed by atoms with Crippen molar-refractivity contribution >= 4 is 17.3 Å². The van der Waals surface area contributed by atoms with Gasteiger partial charge in [0.15, 0.2) is 0 Å². The van der Waals surface area contributed by atoms with Crippen LogP contribution in [-0.2, 0) is 0 Å². The molecule has 2 rings (SSSR count). The summed E-state index contributed by atoms with van der Waals surface area (Å²) in [5.74, 6) is -0.148. The number of hydrogen-bond acceptors (Lipinski definition) is 4. The Balaban J connectivity index is 2.01. The molecule has 0 bridgehead atoms. The molecule has 1 aromatic carbocycles. The summed E-state index contributed by atoms with van der Waals surface area (Å²) >= 11 is 0. The molecule has 0 saturated carbocycles. The van der Waals surface area contributed by atoms with Crippen LogP contribution in [0.1, 0.15) is 21.6 Å². The summed E-state index contributed by atoms with van der Waals surface area (Å²) in [5, 5.41) is 6.22. The largest absolute Gasteiger partial charge is 0.354 e. The van der Waals surface area contributed by atoms with E-state index in [-0.39, 0.29) is 5.91 Å². The van der Waals surface area contributed by atoms with Crippen molar-refractivity contribution in [1.82, 2.24) is 15.2 Å². The fourth-order valence-corrected chi connectivity index (χ4v) is 2.24. The molecule has 2 aromatic rings. The van der Waals surface area contributed by atoms with Crippen molar-refractivity contribution in [3.05, 3.63) is 53.3 Å². The number of hydrogen-bond donors (Lipinski definition) is 2. The van der Waals surface area contributed by atoms with E-state index in [4.69, 9.17) is 0 Å². The number of anilines is 2. The molecule has 1 aromatic heterocycles. The monoisotopic (exact) mass is 312 g/mol. The SMILES string of the molecule is Cc1cccc(C)c1Nc1ccc(C(=O)NCCN(C)C)nc1. The Labute approximate surface area is 137 Å². The predicted octanol–water partition coefficient (Wildman–Crippen LogP) is 2.73. The van der Waals surface area contributed by atoms with E-state index < -0.39 is 0 Å². The molecule has 5 nitrogen and oxygen atoms in total. The van der Waals surface area contributed by atoms with Gasteiger partial charge in [-0.15, -0.1) is 0 Å². The molecule has 0 spiro atoms. The summed E-state index contributed by atoms with van der Waals surface area (Å²) in [6.07, 6.45) is 1.69. The van der Waals surface area contributed by atoms with Gasteiger partial charge in [0.2, 0.25) is 0 Å². The molecule has 0 aliphatic rings. The number of carbonyl (C=O) groups excluding carboxylic acids is 1. The first-order valence-electron chi connectivity index (χ1n) is 7.69. The maximum atomic E-state index is 12.0. The quantitative estimate of drug-likeness (QED) is 0.861. The number of rotatable bonds is 6. The lowest BCUT2D eigenvalue weighted by molar-refractivity contribution is 0.0946. The lowest BCUT2D eigenvalue weighted by Crippen LogP contribution is -2.31. The molecule has 0 fully saturated rings. The molecule has 0 aliphatic carbocycles. The number of nitrogens with zero attached hydrogens (tertiary/aromatic N) is 2. The van der Waals surface area contributed by atoms with Crippen LogP contribution in [0.4, 0.5) is 11.4 Å². The number of amides is 1. The second kappa shape index (κ2) is 7.74. The van der Waals surface area contributed by atoms with Gasteiger partial charge in [-0.3, -0.25) is 4.79 Å².